The number of carbonyl (C=O) groups excluding carboxylic acids is 1. The number of hydrogen-bond acceptors (Lipinski definition) is 2. The number of rotatable bonds is 18. The van der Waals surface area contributed by atoms with Crippen molar-refractivity contribution in [2.45, 2.75) is 117 Å². The number of hydrogen-bond donors (Lipinski definition) is 1. The molecule has 0 aromatic rings. The van der Waals surface area contributed by atoms with Gasteiger partial charge in [0.1, 0.15) is 0 Å². The molecular weight excluding hydrogens is 338 g/mol. The fraction of sp³-hybridized carbons (Fsp3) is 0.826. The number of nitrogens with zero attached hydrogens (tertiary/aromatic N) is 1. The lowest BCUT2D eigenvalue weighted by atomic mass is 10.0. The molecule has 0 aliphatic carbocycles. The lowest BCUT2D eigenvalue weighted by molar-refractivity contribution is -0.133. The van der Waals surface area contributed by atoms with Gasteiger partial charge in [0.25, 0.3) is 0 Å². The standard InChI is InChI=1S/C23H43NO3/c1-4-18-22(25)24(21(2)3)20-17-15-13-11-9-7-5-6-8-10-12-14-16-19-23(26)27/h16,19,21H,4-15,17-18,20H2,1-3H3,(H,26,27). The SMILES string of the molecule is CCCC(=O)N(CCCCCCCCCCCCCC=CC(=O)O)C(C)C. The highest BCUT2D eigenvalue weighted by molar-refractivity contribution is 5.79. The highest BCUT2D eigenvalue weighted by atomic mass is 16.4. The monoisotopic (exact) mass is 381 g/mol. The minimum absolute atomic E-state index is 0.311. The largest absolute Gasteiger partial charge is 0.478 e. The van der Waals surface area contributed by atoms with E-state index >= 15 is 0 Å². The van der Waals surface area contributed by atoms with Crippen molar-refractivity contribution in [3.8, 4) is 0 Å². The smallest absolute Gasteiger partial charge is 0.327 e. The zero-order chi connectivity index (χ0) is 20.3. The molecular formula is C23H43NO3. The van der Waals surface area contributed by atoms with Crippen LogP contribution < -0.4 is 0 Å². The highest BCUT2D eigenvalue weighted by Crippen LogP contribution is 2.13. The molecule has 27 heavy (non-hydrogen) atoms. The average Bonchev–Trinajstić information content (AvgIpc) is 2.61. The van der Waals surface area contributed by atoms with Crippen LogP contribution in [-0.2, 0) is 9.59 Å². The van der Waals surface area contributed by atoms with Crippen LogP contribution in [0.25, 0.3) is 0 Å². The number of allylic oxidation sites excluding steroid dienone is 1. The Labute approximate surface area is 167 Å². The van der Waals surface area contributed by atoms with E-state index in [9.17, 15) is 9.59 Å². The Bertz CT molecular complexity index is 404. The van der Waals surface area contributed by atoms with Gasteiger partial charge in [-0.15, -0.1) is 0 Å². The Hall–Kier alpha value is -1.32. The molecule has 0 aromatic carbocycles. The molecule has 0 aromatic heterocycles. The molecule has 0 rings (SSSR count). The third kappa shape index (κ3) is 16.6. The van der Waals surface area contributed by atoms with Crippen LogP contribution in [0, 0.1) is 0 Å². The van der Waals surface area contributed by atoms with Crippen molar-refractivity contribution in [2.24, 2.45) is 0 Å². The summed E-state index contributed by atoms with van der Waals surface area (Å²) >= 11 is 0. The highest BCUT2D eigenvalue weighted by Gasteiger charge is 2.14. The Morgan fingerprint density at radius 1 is 0.852 bits per heavy atom. The molecule has 0 aliphatic rings. The van der Waals surface area contributed by atoms with E-state index in [1.54, 1.807) is 6.08 Å². The molecule has 0 unspecified atom stereocenters. The number of amides is 1. The molecule has 0 atom stereocenters. The van der Waals surface area contributed by atoms with Gasteiger partial charge in [-0.2, -0.15) is 0 Å². The van der Waals surface area contributed by atoms with E-state index in [-0.39, 0.29) is 0 Å². The molecule has 0 saturated heterocycles. The summed E-state index contributed by atoms with van der Waals surface area (Å²) in [6, 6.07) is 0.317. The first-order chi connectivity index (χ1) is 13.0. The number of aliphatic carboxylic acids is 1. The minimum atomic E-state index is -0.850. The summed E-state index contributed by atoms with van der Waals surface area (Å²) in [4.78, 5) is 24.4. The maximum absolute atomic E-state index is 12.1. The number of carboxylic acid groups (broad SMARTS) is 1. The van der Waals surface area contributed by atoms with E-state index < -0.39 is 5.97 Å². The second kappa shape index (κ2) is 18.1. The van der Waals surface area contributed by atoms with Crippen molar-refractivity contribution < 1.29 is 14.7 Å². The first-order valence-corrected chi connectivity index (χ1v) is 11.2. The summed E-state index contributed by atoms with van der Waals surface area (Å²) in [5, 5.41) is 8.49. The number of carboxylic acids is 1. The van der Waals surface area contributed by atoms with Gasteiger partial charge in [-0.3, -0.25) is 4.79 Å². The van der Waals surface area contributed by atoms with Gasteiger partial charge in [-0.05, 0) is 39.5 Å². The second-order valence-corrected chi connectivity index (χ2v) is 7.85. The second-order valence-electron chi connectivity index (χ2n) is 7.85. The van der Waals surface area contributed by atoms with Crippen LogP contribution in [0.2, 0.25) is 0 Å². The summed E-state index contributed by atoms with van der Waals surface area (Å²) in [7, 11) is 0. The molecule has 0 bridgehead atoms. The fourth-order valence-corrected chi connectivity index (χ4v) is 3.35. The van der Waals surface area contributed by atoms with Gasteiger partial charge in [0.05, 0.1) is 0 Å². The number of carbonyl (C=O) groups is 2. The molecule has 4 heteroatoms. The summed E-state index contributed by atoms with van der Waals surface area (Å²) in [5.41, 5.74) is 0. The van der Waals surface area contributed by atoms with E-state index in [4.69, 9.17) is 5.11 Å². The third-order valence-electron chi connectivity index (χ3n) is 4.94. The van der Waals surface area contributed by atoms with Gasteiger partial charge in [0, 0.05) is 25.1 Å². The molecule has 0 heterocycles. The lowest BCUT2D eigenvalue weighted by Gasteiger charge is -2.26. The molecule has 0 spiro atoms. The van der Waals surface area contributed by atoms with Crippen LogP contribution in [0.4, 0.5) is 0 Å². The Kier molecular flexibility index (Phi) is 17.2. The quantitative estimate of drug-likeness (QED) is 0.222. The van der Waals surface area contributed by atoms with Crippen molar-refractivity contribution in [1.82, 2.24) is 4.90 Å². The van der Waals surface area contributed by atoms with Gasteiger partial charge in [0.15, 0.2) is 0 Å². The maximum Gasteiger partial charge on any atom is 0.327 e. The van der Waals surface area contributed by atoms with Crippen molar-refractivity contribution in [3.05, 3.63) is 12.2 Å². The van der Waals surface area contributed by atoms with E-state index in [2.05, 4.69) is 20.8 Å². The molecule has 158 valence electrons. The average molecular weight is 382 g/mol. The van der Waals surface area contributed by atoms with Gasteiger partial charge in [0.2, 0.25) is 5.91 Å². The van der Waals surface area contributed by atoms with Crippen LogP contribution in [0.1, 0.15) is 111 Å². The van der Waals surface area contributed by atoms with E-state index in [0.717, 1.165) is 32.2 Å². The molecule has 0 saturated carbocycles. The van der Waals surface area contributed by atoms with Crippen LogP contribution in [0.15, 0.2) is 12.2 Å². The Morgan fingerprint density at radius 3 is 1.78 bits per heavy atom. The van der Waals surface area contributed by atoms with Crippen LogP contribution in [0.3, 0.4) is 0 Å². The third-order valence-corrected chi connectivity index (χ3v) is 4.94. The summed E-state index contributed by atoms with van der Waals surface area (Å²) in [6.07, 6.45) is 19.3. The van der Waals surface area contributed by atoms with Crippen LogP contribution in [0.5, 0.6) is 0 Å². The number of unbranched alkanes of at least 4 members (excludes halogenated alkanes) is 11. The zero-order valence-corrected chi connectivity index (χ0v) is 18.0. The first-order valence-electron chi connectivity index (χ1n) is 11.2. The lowest BCUT2D eigenvalue weighted by Crippen LogP contribution is -2.37. The minimum Gasteiger partial charge on any atom is -0.478 e. The Morgan fingerprint density at radius 2 is 1.33 bits per heavy atom. The summed E-state index contributed by atoms with van der Waals surface area (Å²) < 4.78 is 0. The topological polar surface area (TPSA) is 57.6 Å². The molecule has 0 fully saturated rings. The van der Waals surface area contributed by atoms with Crippen molar-refractivity contribution in [2.75, 3.05) is 6.54 Å². The zero-order valence-electron chi connectivity index (χ0n) is 18.0. The van der Waals surface area contributed by atoms with Gasteiger partial charge in [-0.25, -0.2) is 4.79 Å². The summed E-state index contributed by atoms with van der Waals surface area (Å²) in [6.45, 7) is 7.20. The molecule has 1 N–H and O–H groups in total. The summed E-state index contributed by atoms with van der Waals surface area (Å²) in [5.74, 6) is -0.539. The van der Waals surface area contributed by atoms with Gasteiger partial charge >= 0.3 is 5.97 Å². The molecule has 1 amide bonds. The molecule has 4 nitrogen and oxygen atoms in total. The normalized spacial score (nSPS) is 11.4. The van der Waals surface area contributed by atoms with E-state index in [1.807, 2.05) is 4.90 Å². The van der Waals surface area contributed by atoms with Crippen molar-refractivity contribution >= 4 is 11.9 Å². The molecule has 0 aliphatic heterocycles. The first kappa shape index (κ1) is 25.7. The predicted octanol–water partition coefficient (Wildman–Crippen LogP) is 6.35. The van der Waals surface area contributed by atoms with Crippen LogP contribution >= 0.6 is 0 Å². The maximum atomic E-state index is 12.1. The van der Waals surface area contributed by atoms with Crippen molar-refractivity contribution in [1.29, 1.82) is 0 Å². The van der Waals surface area contributed by atoms with Crippen molar-refractivity contribution in [3.63, 3.8) is 0 Å². The van der Waals surface area contributed by atoms with E-state index in [1.165, 1.54) is 63.9 Å². The predicted molar refractivity (Wildman–Crippen MR) is 114 cm³/mol. The molecule has 0 radical (unpaired) electrons. The van der Waals surface area contributed by atoms with Gasteiger partial charge < -0.3 is 10.0 Å². The van der Waals surface area contributed by atoms with Gasteiger partial charge in [-0.1, -0.05) is 70.8 Å². The van der Waals surface area contributed by atoms with E-state index in [0.29, 0.717) is 18.4 Å². The Balaban J connectivity index is 3.42. The van der Waals surface area contributed by atoms with Crippen LogP contribution in [-0.4, -0.2) is 34.5 Å². The fourth-order valence-electron chi connectivity index (χ4n) is 3.35.